The molecule has 36 heavy (non-hydrogen) atoms. The quantitative estimate of drug-likeness (QED) is 0.149. The lowest BCUT2D eigenvalue weighted by Crippen LogP contribution is -2.19. The number of thioether (sulfide) groups is 1. The van der Waals surface area contributed by atoms with Crippen LogP contribution >= 0.6 is 11.8 Å². The van der Waals surface area contributed by atoms with Crippen molar-refractivity contribution < 1.29 is 9.72 Å². The highest BCUT2D eigenvalue weighted by atomic mass is 32.2. The summed E-state index contributed by atoms with van der Waals surface area (Å²) in [5, 5.41) is 24.2. The number of hydrogen-bond donors (Lipinski definition) is 1. The van der Waals surface area contributed by atoms with Crippen molar-refractivity contribution in [1.82, 2.24) is 20.2 Å². The molecule has 0 atom stereocenters. The van der Waals surface area contributed by atoms with E-state index in [1.54, 1.807) is 24.3 Å². The number of aromatic nitrogens is 3. The Kier molecular flexibility index (Phi) is 7.99. The lowest BCUT2D eigenvalue weighted by molar-refractivity contribution is -0.385. The maximum atomic E-state index is 12.3. The Balaban J connectivity index is 1.42. The number of allylic oxidation sites excluding steroid dienone is 1. The van der Waals surface area contributed by atoms with Gasteiger partial charge in [0, 0.05) is 23.5 Å². The second-order valence-electron chi connectivity index (χ2n) is 7.62. The number of hydrogen-bond acceptors (Lipinski definition) is 7. The van der Waals surface area contributed by atoms with E-state index in [1.165, 1.54) is 30.1 Å². The number of nitro groups is 1. The Bertz CT molecular complexity index is 1420. The van der Waals surface area contributed by atoms with Gasteiger partial charge in [0.2, 0.25) is 0 Å². The van der Waals surface area contributed by atoms with Gasteiger partial charge in [0.25, 0.3) is 11.6 Å². The molecular weight excluding hydrogens is 476 g/mol. The van der Waals surface area contributed by atoms with Crippen molar-refractivity contribution in [3.05, 3.63) is 106 Å². The van der Waals surface area contributed by atoms with E-state index in [2.05, 4.69) is 20.7 Å². The fourth-order valence-corrected chi connectivity index (χ4v) is 4.06. The number of nitrogens with zero attached hydrogens (tertiary/aromatic N) is 5. The summed E-state index contributed by atoms with van der Waals surface area (Å²) in [4.78, 5) is 23.0. The van der Waals surface area contributed by atoms with Gasteiger partial charge in [0.05, 0.1) is 16.2 Å². The first-order valence-electron chi connectivity index (χ1n) is 11.0. The van der Waals surface area contributed by atoms with E-state index in [0.29, 0.717) is 16.5 Å². The van der Waals surface area contributed by atoms with Gasteiger partial charge >= 0.3 is 0 Å². The minimum absolute atomic E-state index is 0.00452. The van der Waals surface area contributed by atoms with Crippen molar-refractivity contribution in [2.45, 2.75) is 12.1 Å². The van der Waals surface area contributed by atoms with Crippen molar-refractivity contribution in [2.75, 3.05) is 5.75 Å². The molecule has 0 aliphatic carbocycles. The highest BCUT2D eigenvalue weighted by Gasteiger charge is 2.17. The zero-order valence-corrected chi connectivity index (χ0v) is 20.1. The van der Waals surface area contributed by atoms with Gasteiger partial charge in [0.15, 0.2) is 11.0 Å². The molecule has 1 aromatic heterocycles. The van der Waals surface area contributed by atoms with Crippen molar-refractivity contribution in [3.63, 3.8) is 0 Å². The second-order valence-corrected chi connectivity index (χ2v) is 8.56. The summed E-state index contributed by atoms with van der Waals surface area (Å²) in [5.41, 5.74) is 5.84. The second kappa shape index (κ2) is 11.7. The number of amides is 1. The molecule has 1 N–H and O–H groups in total. The maximum absolute atomic E-state index is 12.3. The Hall–Kier alpha value is -4.57. The van der Waals surface area contributed by atoms with Crippen molar-refractivity contribution in [2.24, 2.45) is 5.10 Å². The molecule has 4 rings (SSSR count). The van der Waals surface area contributed by atoms with Crippen LogP contribution in [0.4, 0.5) is 5.69 Å². The molecule has 1 amide bonds. The van der Waals surface area contributed by atoms with Gasteiger partial charge in [-0.1, -0.05) is 71.9 Å². The summed E-state index contributed by atoms with van der Waals surface area (Å²) in [6, 6.07) is 24.1. The highest BCUT2D eigenvalue weighted by molar-refractivity contribution is 7.99. The van der Waals surface area contributed by atoms with Gasteiger partial charge in [-0.25, -0.2) is 5.43 Å². The van der Waals surface area contributed by atoms with E-state index in [1.807, 2.05) is 66.1 Å². The van der Waals surface area contributed by atoms with Crippen LogP contribution in [0, 0.1) is 17.0 Å². The summed E-state index contributed by atoms with van der Waals surface area (Å²) in [6.45, 7) is 2.02. The van der Waals surface area contributed by atoms with Crippen LogP contribution < -0.4 is 5.43 Å². The smallest absolute Gasteiger partial charge is 0.272 e. The molecular formula is C26H22N6O3S. The molecule has 180 valence electrons. The minimum Gasteiger partial charge on any atom is -0.272 e. The van der Waals surface area contributed by atoms with E-state index >= 15 is 0 Å². The van der Waals surface area contributed by atoms with Crippen LogP contribution in [-0.4, -0.2) is 37.6 Å². The van der Waals surface area contributed by atoms with Gasteiger partial charge in [-0.05, 0) is 37.3 Å². The predicted octanol–water partition coefficient (Wildman–Crippen LogP) is 5.06. The zero-order valence-electron chi connectivity index (χ0n) is 19.3. The first-order valence-corrected chi connectivity index (χ1v) is 11.9. The normalized spacial score (nSPS) is 11.2. The first kappa shape index (κ1) is 24.6. The van der Waals surface area contributed by atoms with E-state index in [-0.39, 0.29) is 17.3 Å². The molecule has 0 saturated heterocycles. The number of benzene rings is 3. The molecule has 0 aliphatic rings. The van der Waals surface area contributed by atoms with Crippen LogP contribution in [-0.2, 0) is 4.79 Å². The highest BCUT2D eigenvalue weighted by Crippen LogP contribution is 2.28. The first-order chi connectivity index (χ1) is 17.5. The molecule has 0 aliphatic heterocycles. The SMILES string of the molecule is Cc1ccc(-c2nnc(SCC(=O)NN=CC=Cc3ccccc3[N+](=O)[O-])n2-c2ccccc2)cc1. The summed E-state index contributed by atoms with van der Waals surface area (Å²) in [6.07, 6.45) is 4.44. The van der Waals surface area contributed by atoms with Gasteiger partial charge in [-0.15, -0.1) is 10.2 Å². The van der Waals surface area contributed by atoms with Crippen LogP contribution in [0.3, 0.4) is 0 Å². The molecule has 0 unspecified atom stereocenters. The van der Waals surface area contributed by atoms with E-state index in [0.717, 1.165) is 16.8 Å². The van der Waals surface area contributed by atoms with E-state index in [9.17, 15) is 14.9 Å². The summed E-state index contributed by atoms with van der Waals surface area (Å²) in [5.74, 6) is 0.432. The zero-order chi connectivity index (χ0) is 25.3. The third-order valence-electron chi connectivity index (χ3n) is 5.05. The Morgan fingerprint density at radius 3 is 2.53 bits per heavy atom. The summed E-state index contributed by atoms with van der Waals surface area (Å²) < 4.78 is 1.92. The Morgan fingerprint density at radius 1 is 1.06 bits per heavy atom. The molecule has 0 bridgehead atoms. The molecule has 4 aromatic rings. The Morgan fingerprint density at radius 2 is 1.78 bits per heavy atom. The Labute approximate surface area is 211 Å². The van der Waals surface area contributed by atoms with Gasteiger partial charge in [-0.3, -0.25) is 19.5 Å². The van der Waals surface area contributed by atoms with Crippen molar-refractivity contribution in [3.8, 4) is 17.1 Å². The number of hydrazone groups is 1. The van der Waals surface area contributed by atoms with Crippen LogP contribution in [0.1, 0.15) is 11.1 Å². The van der Waals surface area contributed by atoms with E-state index < -0.39 is 4.92 Å². The fraction of sp³-hybridized carbons (Fsp3) is 0.0769. The summed E-state index contributed by atoms with van der Waals surface area (Å²) >= 11 is 1.24. The number of rotatable bonds is 9. The molecule has 1 heterocycles. The van der Waals surface area contributed by atoms with Crippen molar-refractivity contribution >= 4 is 35.6 Å². The molecule has 0 saturated carbocycles. The van der Waals surface area contributed by atoms with Crippen LogP contribution in [0.2, 0.25) is 0 Å². The standard InChI is InChI=1S/C26H22N6O3S/c1-19-13-15-21(16-14-19)25-29-30-26(31(25)22-10-3-2-4-11-22)36-18-24(33)28-27-17-7-9-20-8-5-6-12-23(20)32(34)35/h2-17H,18H2,1H3,(H,28,33). The number of carbonyl (C=O) groups excluding carboxylic acids is 1. The van der Waals surface area contributed by atoms with Gasteiger partial charge in [-0.2, -0.15) is 5.10 Å². The van der Waals surface area contributed by atoms with Crippen LogP contribution in [0.15, 0.2) is 95.2 Å². The third-order valence-corrected chi connectivity index (χ3v) is 5.98. The van der Waals surface area contributed by atoms with Crippen molar-refractivity contribution in [1.29, 1.82) is 0 Å². The van der Waals surface area contributed by atoms with Gasteiger partial charge in [0.1, 0.15) is 0 Å². The molecule has 3 aromatic carbocycles. The van der Waals surface area contributed by atoms with Crippen LogP contribution in [0.25, 0.3) is 23.2 Å². The molecule has 10 heteroatoms. The van der Waals surface area contributed by atoms with Gasteiger partial charge < -0.3 is 0 Å². The summed E-state index contributed by atoms with van der Waals surface area (Å²) in [7, 11) is 0. The topological polar surface area (TPSA) is 115 Å². The number of aryl methyl sites for hydroxylation is 1. The molecule has 9 nitrogen and oxygen atoms in total. The number of nitrogens with one attached hydrogen (secondary N) is 1. The average Bonchev–Trinajstić information content (AvgIpc) is 3.32. The molecule has 0 radical (unpaired) electrons. The monoisotopic (exact) mass is 498 g/mol. The number of nitro benzene ring substituents is 1. The minimum atomic E-state index is -0.450. The third kappa shape index (κ3) is 6.10. The lowest BCUT2D eigenvalue weighted by atomic mass is 10.1. The number of para-hydroxylation sites is 2. The lowest BCUT2D eigenvalue weighted by Gasteiger charge is -2.10. The maximum Gasteiger partial charge on any atom is 0.276 e. The molecule has 0 fully saturated rings. The largest absolute Gasteiger partial charge is 0.276 e. The molecule has 0 spiro atoms. The predicted molar refractivity (Wildman–Crippen MR) is 141 cm³/mol. The van der Waals surface area contributed by atoms with E-state index in [4.69, 9.17) is 0 Å². The van der Waals surface area contributed by atoms with Crippen LogP contribution in [0.5, 0.6) is 0 Å². The number of carbonyl (C=O) groups is 1. The average molecular weight is 499 g/mol. The fourth-order valence-electron chi connectivity index (χ4n) is 3.32.